The van der Waals surface area contributed by atoms with E-state index in [1.807, 2.05) is 17.4 Å². The Hall–Kier alpha value is -1.90. The highest BCUT2D eigenvalue weighted by Crippen LogP contribution is 2.28. The first-order valence-corrected chi connectivity index (χ1v) is 11.6. The molecule has 8 heteroatoms. The molecule has 2 aromatic heterocycles. The summed E-state index contributed by atoms with van der Waals surface area (Å²) in [6, 6.07) is 6.77. The van der Waals surface area contributed by atoms with E-state index in [1.165, 1.54) is 30.8 Å². The number of thiophene rings is 1. The van der Waals surface area contributed by atoms with E-state index in [9.17, 15) is 0 Å². The zero-order valence-corrected chi connectivity index (χ0v) is 18.1. The minimum absolute atomic E-state index is 0.402. The Morgan fingerprint density at radius 3 is 2.69 bits per heavy atom. The fourth-order valence-electron chi connectivity index (χ4n) is 4.18. The summed E-state index contributed by atoms with van der Waals surface area (Å²) in [5.74, 6) is 1.05. The van der Waals surface area contributed by atoms with Crippen LogP contribution in [0.5, 0.6) is 0 Å². The van der Waals surface area contributed by atoms with E-state index in [0.29, 0.717) is 6.04 Å². The van der Waals surface area contributed by atoms with Crippen molar-refractivity contribution in [2.45, 2.75) is 32.4 Å². The van der Waals surface area contributed by atoms with Gasteiger partial charge < -0.3 is 14.7 Å². The van der Waals surface area contributed by atoms with Gasteiger partial charge in [0, 0.05) is 50.2 Å². The van der Waals surface area contributed by atoms with Gasteiger partial charge in [-0.15, -0.1) is 11.3 Å². The lowest BCUT2D eigenvalue weighted by atomic mass is 10.2. The standard InChI is InChI=1S/C21H32N6OS/c1-2-22-21(27-12-10-25(11-13-27)17-18-7-14-28-24-18)23-16-19(20-6-5-15-29-20)26-8-3-4-9-26/h5-7,14-15,19H,2-4,8-13,16-17H2,1H3,(H,22,23). The number of guanidine groups is 1. The highest BCUT2D eigenvalue weighted by Gasteiger charge is 2.25. The number of nitrogens with one attached hydrogen (secondary N) is 1. The lowest BCUT2D eigenvalue weighted by Gasteiger charge is -2.36. The topological polar surface area (TPSA) is 60.1 Å². The summed E-state index contributed by atoms with van der Waals surface area (Å²) >= 11 is 1.86. The number of likely N-dealkylation sites (tertiary alicyclic amines) is 1. The lowest BCUT2D eigenvalue weighted by Crippen LogP contribution is -2.52. The summed E-state index contributed by atoms with van der Waals surface area (Å²) in [4.78, 5) is 14.0. The van der Waals surface area contributed by atoms with Gasteiger partial charge in [-0.25, -0.2) is 0 Å². The molecule has 2 saturated heterocycles. The third-order valence-electron chi connectivity index (χ3n) is 5.75. The number of aliphatic imine (C=N–C) groups is 1. The van der Waals surface area contributed by atoms with Gasteiger partial charge in [-0.2, -0.15) is 0 Å². The Balaban J connectivity index is 1.38. The molecule has 2 aromatic rings. The van der Waals surface area contributed by atoms with Crippen LogP contribution in [0, 0.1) is 0 Å². The average molecular weight is 417 g/mol. The van der Waals surface area contributed by atoms with Crippen LogP contribution in [0.1, 0.15) is 36.4 Å². The van der Waals surface area contributed by atoms with Gasteiger partial charge in [0.25, 0.3) is 0 Å². The van der Waals surface area contributed by atoms with Crippen molar-refractivity contribution in [3.63, 3.8) is 0 Å². The first-order valence-electron chi connectivity index (χ1n) is 10.8. The van der Waals surface area contributed by atoms with Crippen LogP contribution in [0.3, 0.4) is 0 Å². The van der Waals surface area contributed by atoms with Crippen molar-refractivity contribution < 1.29 is 4.52 Å². The van der Waals surface area contributed by atoms with Gasteiger partial charge in [-0.3, -0.25) is 14.8 Å². The van der Waals surface area contributed by atoms with Crippen molar-refractivity contribution in [1.29, 1.82) is 0 Å². The predicted octanol–water partition coefficient (Wildman–Crippen LogP) is 2.66. The molecule has 7 nitrogen and oxygen atoms in total. The van der Waals surface area contributed by atoms with Crippen LogP contribution < -0.4 is 5.32 Å². The number of rotatable bonds is 7. The molecule has 4 heterocycles. The van der Waals surface area contributed by atoms with E-state index in [2.05, 4.69) is 49.6 Å². The minimum atomic E-state index is 0.402. The second-order valence-corrected chi connectivity index (χ2v) is 8.70. The molecule has 0 amide bonds. The molecule has 0 spiro atoms. The van der Waals surface area contributed by atoms with Gasteiger partial charge in [0.15, 0.2) is 5.96 Å². The SMILES string of the molecule is CCNC(=NCC(c1cccs1)N1CCCC1)N1CCN(Cc2ccon2)CC1. The number of piperazine rings is 1. The van der Waals surface area contributed by atoms with Crippen LogP contribution >= 0.6 is 11.3 Å². The Morgan fingerprint density at radius 2 is 2.03 bits per heavy atom. The van der Waals surface area contributed by atoms with Gasteiger partial charge in [-0.05, 0) is 44.3 Å². The molecule has 0 saturated carbocycles. The maximum absolute atomic E-state index is 5.09. The number of hydrogen-bond donors (Lipinski definition) is 1. The van der Waals surface area contributed by atoms with Crippen molar-refractivity contribution >= 4 is 17.3 Å². The van der Waals surface area contributed by atoms with E-state index in [1.54, 1.807) is 6.26 Å². The highest BCUT2D eigenvalue weighted by atomic mass is 32.1. The van der Waals surface area contributed by atoms with Gasteiger partial charge in [0.1, 0.15) is 6.26 Å². The summed E-state index contributed by atoms with van der Waals surface area (Å²) in [6.45, 7) is 11.1. The van der Waals surface area contributed by atoms with Crippen LogP contribution in [0.2, 0.25) is 0 Å². The van der Waals surface area contributed by atoms with E-state index >= 15 is 0 Å². The summed E-state index contributed by atoms with van der Waals surface area (Å²) in [7, 11) is 0. The van der Waals surface area contributed by atoms with Crippen LogP contribution in [-0.2, 0) is 6.54 Å². The van der Waals surface area contributed by atoms with Crippen molar-refractivity contribution in [3.8, 4) is 0 Å². The maximum Gasteiger partial charge on any atom is 0.194 e. The number of nitrogens with zero attached hydrogens (tertiary/aromatic N) is 5. The molecule has 2 aliphatic rings. The van der Waals surface area contributed by atoms with E-state index in [0.717, 1.165) is 57.5 Å². The number of hydrogen-bond acceptors (Lipinski definition) is 6. The normalized spacial score (nSPS) is 20.3. The first-order chi connectivity index (χ1) is 14.3. The fourth-order valence-corrected chi connectivity index (χ4v) is 5.04. The molecule has 1 N–H and O–H groups in total. The Morgan fingerprint density at radius 1 is 1.21 bits per heavy atom. The smallest absolute Gasteiger partial charge is 0.194 e. The molecule has 0 aliphatic carbocycles. The average Bonchev–Trinajstić information content (AvgIpc) is 3.52. The van der Waals surface area contributed by atoms with Crippen LogP contribution in [-0.4, -0.2) is 78.2 Å². The van der Waals surface area contributed by atoms with E-state index in [-0.39, 0.29) is 0 Å². The molecule has 0 aromatic carbocycles. The molecule has 0 bridgehead atoms. The molecule has 2 fully saturated rings. The molecule has 29 heavy (non-hydrogen) atoms. The fraction of sp³-hybridized carbons (Fsp3) is 0.619. The molecule has 0 radical (unpaired) electrons. The quantitative estimate of drug-likeness (QED) is 0.553. The summed E-state index contributed by atoms with van der Waals surface area (Å²) < 4.78 is 4.96. The van der Waals surface area contributed by atoms with Crippen molar-refractivity contribution in [3.05, 3.63) is 40.4 Å². The van der Waals surface area contributed by atoms with Crippen molar-refractivity contribution in [1.82, 2.24) is 25.2 Å². The Kier molecular flexibility index (Phi) is 7.18. The van der Waals surface area contributed by atoms with Gasteiger partial charge in [0.2, 0.25) is 0 Å². The Labute approximate surface area is 177 Å². The predicted molar refractivity (Wildman–Crippen MR) is 117 cm³/mol. The van der Waals surface area contributed by atoms with Gasteiger partial charge in [0.05, 0.1) is 18.3 Å². The largest absolute Gasteiger partial charge is 0.364 e. The molecular formula is C21H32N6OS. The molecular weight excluding hydrogens is 384 g/mol. The van der Waals surface area contributed by atoms with Crippen molar-refractivity contribution in [2.24, 2.45) is 4.99 Å². The third kappa shape index (κ3) is 5.38. The summed E-state index contributed by atoms with van der Waals surface area (Å²) in [6.07, 6.45) is 4.25. The van der Waals surface area contributed by atoms with E-state index in [4.69, 9.17) is 9.52 Å². The molecule has 1 unspecified atom stereocenters. The van der Waals surface area contributed by atoms with Crippen LogP contribution in [0.4, 0.5) is 0 Å². The van der Waals surface area contributed by atoms with E-state index < -0.39 is 0 Å². The van der Waals surface area contributed by atoms with Crippen LogP contribution in [0.25, 0.3) is 0 Å². The second kappa shape index (κ2) is 10.2. The molecule has 1 atom stereocenters. The van der Waals surface area contributed by atoms with Gasteiger partial charge in [-0.1, -0.05) is 11.2 Å². The minimum Gasteiger partial charge on any atom is -0.364 e. The molecule has 2 aliphatic heterocycles. The summed E-state index contributed by atoms with van der Waals surface area (Å²) in [5.41, 5.74) is 1.00. The molecule has 4 rings (SSSR count). The zero-order chi connectivity index (χ0) is 19.9. The second-order valence-electron chi connectivity index (χ2n) is 7.72. The Bertz CT molecular complexity index is 733. The third-order valence-corrected chi connectivity index (χ3v) is 6.72. The summed E-state index contributed by atoms with van der Waals surface area (Å²) in [5, 5.41) is 9.74. The van der Waals surface area contributed by atoms with Crippen molar-refractivity contribution in [2.75, 3.05) is 52.4 Å². The molecule has 158 valence electrons. The lowest BCUT2D eigenvalue weighted by molar-refractivity contribution is 0.168. The van der Waals surface area contributed by atoms with Crippen LogP contribution in [0.15, 0.2) is 39.4 Å². The highest BCUT2D eigenvalue weighted by molar-refractivity contribution is 7.10. The monoisotopic (exact) mass is 416 g/mol. The van der Waals surface area contributed by atoms with Gasteiger partial charge >= 0.3 is 0 Å². The maximum atomic E-state index is 5.09. The zero-order valence-electron chi connectivity index (χ0n) is 17.3. The number of aromatic nitrogens is 1. The first kappa shape index (κ1) is 20.4.